The first-order valence-corrected chi connectivity index (χ1v) is 6.83. The van der Waals surface area contributed by atoms with Crippen LogP contribution in [0.3, 0.4) is 0 Å². The summed E-state index contributed by atoms with van der Waals surface area (Å²) in [6, 6.07) is 9.13. The topological polar surface area (TPSA) is 18.5 Å². The minimum atomic E-state index is 0.502. The molecule has 4 heteroatoms. The van der Waals surface area contributed by atoms with Crippen molar-refractivity contribution in [2.45, 2.75) is 19.0 Å². The van der Waals surface area contributed by atoms with Crippen LogP contribution in [0.1, 0.15) is 6.92 Å². The van der Waals surface area contributed by atoms with Crippen LogP contribution in [0.5, 0.6) is 0 Å². The van der Waals surface area contributed by atoms with Crippen LogP contribution in [0, 0.1) is 0 Å². The predicted octanol–water partition coefficient (Wildman–Crippen LogP) is 2.07. The molecular weight excluding hydrogens is 246 g/mol. The van der Waals surface area contributed by atoms with Gasteiger partial charge in [-0.2, -0.15) is 0 Å². The van der Waals surface area contributed by atoms with Gasteiger partial charge < -0.3 is 15.1 Å². The summed E-state index contributed by atoms with van der Waals surface area (Å²) in [5.41, 5.74) is 1.22. The van der Waals surface area contributed by atoms with Gasteiger partial charge in [0.25, 0.3) is 0 Å². The summed E-state index contributed by atoms with van der Waals surface area (Å²) in [7, 11) is 4.23. The number of benzene rings is 1. The second-order valence-corrected chi connectivity index (χ2v) is 5.85. The molecule has 1 fully saturated rings. The molecule has 1 aliphatic rings. The molecule has 1 aromatic carbocycles. The summed E-state index contributed by atoms with van der Waals surface area (Å²) in [5, 5.41) is 4.45. The molecule has 0 bridgehead atoms. The maximum atomic E-state index is 6.07. The van der Waals surface area contributed by atoms with Gasteiger partial charge in [-0.1, -0.05) is 17.7 Å². The fraction of sp³-hybridized carbons (Fsp3) is 0.571. The molecule has 2 atom stereocenters. The number of anilines is 1. The molecule has 1 saturated heterocycles. The van der Waals surface area contributed by atoms with Crippen molar-refractivity contribution in [3.05, 3.63) is 29.3 Å². The van der Waals surface area contributed by atoms with Gasteiger partial charge in [0.15, 0.2) is 0 Å². The average Bonchev–Trinajstić information content (AvgIpc) is 2.27. The highest BCUT2D eigenvalue weighted by atomic mass is 35.5. The molecular formula is C14H22ClN3. The van der Waals surface area contributed by atoms with E-state index in [0.29, 0.717) is 12.1 Å². The van der Waals surface area contributed by atoms with Gasteiger partial charge in [0.1, 0.15) is 0 Å². The highest BCUT2D eigenvalue weighted by molar-refractivity contribution is 6.30. The number of piperazine rings is 1. The van der Waals surface area contributed by atoms with Gasteiger partial charge in [-0.05, 0) is 39.2 Å². The third-order valence-electron chi connectivity index (χ3n) is 3.21. The zero-order chi connectivity index (χ0) is 13.1. The van der Waals surface area contributed by atoms with E-state index in [1.165, 1.54) is 5.69 Å². The Labute approximate surface area is 115 Å². The van der Waals surface area contributed by atoms with Gasteiger partial charge in [0, 0.05) is 42.4 Å². The molecule has 2 unspecified atom stereocenters. The van der Waals surface area contributed by atoms with Gasteiger partial charge >= 0.3 is 0 Å². The molecule has 1 aromatic rings. The van der Waals surface area contributed by atoms with E-state index in [-0.39, 0.29) is 0 Å². The van der Waals surface area contributed by atoms with E-state index in [1.807, 2.05) is 18.2 Å². The first-order valence-electron chi connectivity index (χ1n) is 6.46. The van der Waals surface area contributed by atoms with Crippen LogP contribution in [0.2, 0.25) is 5.02 Å². The second-order valence-electron chi connectivity index (χ2n) is 5.41. The zero-order valence-electron chi connectivity index (χ0n) is 11.4. The monoisotopic (exact) mass is 267 g/mol. The van der Waals surface area contributed by atoms with Crippen LogP contribution >= 0.6 is 11.6 Å². The molecule has 0 spiro atoms. The highest BCUT2D eigenvalue weighted by Gasteiger charge is 2.24. The molecule has 0 aromatic heterocycles. The van der Waals surface area contributed by atoms with Crippen molar-refractivity contribution >= 4 is 17.3 Å². The Morgan fingerprint density at radius 2 is 2.17 bits per heavy atom. The summed E-state index contributed by atoms with van der Waals surface area (Å²) < 4.78 is 0. The van der Waals surface area contributed by atoms with Gasteiger partial charge in [0.05, 0.1) is 0 Å². The van der Waals surface area contributed by atoms with Crippen molar-refractivity contribution in [2.75, 3.05) is 38.6 Å². The van der Waals surface area contributed by atoms with Gasteiger partial charge in [-0.25, -0.2) is 0 Å². The molecule has 0 radical (unpaired) electrons. The van der Waals surface area contributed by atoms with E-state index in [9.17, 15) is 0 Å². The van der Waals surface area contributed by atoms with Crippen molar-refractivity contribution in [3.63, 3.8) is 0 Å². The van der Waals surface area contributed by atoms with Gasteiger partial charge in [-0.3, -0.25) is 0 Å². The van der Waals surface area contributed by atoms with E-state index in [1.54, 1.807) is 0 Å². The lowest BCUT2D eigenvalue weighted by atomic mass is 10.1. The summed E-state index contributed by atoms with van der Waals surface area (Å²) in [5.74, 6) is 0. The van der Waals surface area contributed by atoms with Crippen LogP contribution in [0.15, 0.2) is 24.3 Å². The van der Waals surface area contributed by atoms with E-state index >= 15 is 0 Å². The van der Waals surface area contributed by atoms with Gasteiger partial charge in [0.2, 0.25) is 0 Å². The van der Waals surface area contributed by atoms with Crippen LogP contribution in [0.4, 0.5) is 5.69 Å². The van der Waals surface area contributed by atoms with Crippen molar-refractivity contribution in [1.82, 2.24) is 10.2 Å². The summed E-state index contributed by atoms with van der Waals surface area (Å²) in [4.78, 5) is 4.65. The molecule has 3 nitrogen and oxygen atoms in total. The number of halogens is 1. The first kappa shape index (κ1) is 13.7. The number of rotatable bonds is 3. The zero-order valence-corrected chi connectivity index (χ0v) is 12.1. The summed E-state index contributed by atoms with van der Waals surface area (Å²) >= 11 is 6.07. The van der Waals surface area contributed by atoms with E-state index in [4.69, 9.17) is 11.6 Å². The molecule has 1 aliphatic heterocycles. The number of likely N-dealkylation sites (N-methyl/N-ethyl adjacent to an activating group) is 1. The standard InChI is InChI=1S/C14H22ClN3/c1-11-8-18(10-13(16-11)9-17(2)3)14-6-4-5-12(15)7-14/h4-7,11,13,16H,8-10H2,1-3H3. The molecule has 100 valence electrons. The van der Waals surface area contributed by atoms with E-state index in [0.717, 1.165) is 24.7 Å². The van der Waals surface area contributed by atoms with Crippen LogP contribution in [-0.2, 0) is 0 Å². The Morgan fingerprint density at radius 1 is 1.39 bits per heavy atom. The fourth-order valence-electron chi connectivity index (χ4n) is 2.61. The molecule has 0 amide bonds. The van der Waals surface area contributed by atoms with E-state index < -0.39 is 0 Å². The Morgan fingerprint density at radius 3 is 2.83 bits per heavy atom. The minimum Gasteiger partial charge on any atom is -0.368 e. The Kier molecular flexibility index (Phi) is 4.49. The molecule has 2 rings (SSSR count). The Balaban J connectivity index is 2.08. The molecule has 1 N–H and O–H groups in total. The first-order chi connectivity index (χ1) is 8.54. The second kappa shape index (κ2) is 5.91. The lowest BCUT2D eigenvalue weighted by Gasteiger charge is -2.40. The maximum absolute atomic E-state index is 6.07. The van der Waals surface area contributed by atoms with Crippen molar-refractivity contribution < 1.29 is 0 Å². The number of hydrogen-bond donors (Lipinski definition) is 1. The summed E-state index contributed by atoms with van der Waals surface area (Å²) in [6.45, 7) is 5.36. The average molecular weight is 268 g/mol. The molecule has 0 aliphatic carbocycles. The van der Waals surface area contributed by atoms with Gasteiger partial charge in [-0.15, -0.1) is 0 Å². The molecule has 1 heterocycles. The normalized spacial score (nSPS) is 24.6. The quantitative estimate of drug-likeness (QED) is 0.905. The SMILES string of the molecule is CC1CN(c2cccc(Cl)c2)CC(CN(C)C)N1. The third kappa shape index (κ3) is 3.61. The van der Waals surface area contributed by atoms with Crippen molar-refractivity contribution in [1.29, 1.82) is 0 Å². The minimum absolute atomic E-state index is 0.502. The van der Waals surface area contributed by atoms with Crippen molar-refractivity contribution in [3.8, 4) is 0 Å². The summed E-state index contributed by atoms with van der Waals surface area (Å²) in [6.07, 6.45) is 0. The van der Waals surface area contributed by atoms with Crippen LogP contribution in [-0.4, -0.2) is 50.7 Å². The fourth-order valence-corrected chi connectivity index (χ4v) is 2.80. The number of nitrogens with zero attached hydrogens (tertiary/aromatic N) is 2. The van der Waals surface area contributed by atoms with Crippen LogP contribution in [0.25, 0.3) is 0 Å². The van der Waals surface area contributed by atoms with Crippen molar-refractivity contribution in [2.24, 2.45) is 0 Å². The number of nitrogens with one attached hydrogen (secondary N) is 1. The maximum Gasteiger partial charge on any atom is 0.0426 e. The lowest BCUT2D eigenvalue weighted by molar-refractivity contribution is 0.297. The third-order valence-corrected chi connectivity index (χ3v) is 3.45. The Hall–Kier alpha value is -0.770. The number of hydrogen-bond acceptors (Lipinski definition) is 3. The Bertz CT molecular complexity index is 392. The van der Waals surface area contributed by atoms with Crippen LogP contribution < -0.4 is 10.2 Å². The smallest absolute Gasteiger partial charge is 0.0426 e. The predicted molar refractivity (Wildman–Crippen MR) is 78.6 cm³/mol. The highest BCUT2D eigenvalue weighted by Crippen LogP contribution is 2.21. The van der Waals surface area contributed by atoms with E-state index in [2.05, 4.69) is 42.2 Å². The molecule has 18 heavy (non-hydrogen) atoms. The lowest BCUT2D eigenvalue weighted by Crippen LogP contribution is -2.58. The largest absolute Gasteiger partial charge is 0.368 e. The molecule has 0 saturated carbocycles.